The van der Waals surface area contributed by atoms with Crippen molar-refractivity contribution < 1.29 is 28.2 Å². The van der Waals surface area contributed by atoms with Crippen molar-refractivity contribution in [3.05, 3.63) is 70.3 Å². The molecule has 36 heavy (non-hydrogen) atoms. The minimum atomic E-state index is -0.567. The van der Waals surface area contributed by atoms with Crippen LogP contribution in [-0.4, -0.2) is 42.3 Å². The molecule has 9 nitrogen and oxygen atoms in total. The number of allylic oxidation sites excluding steroid dienone is 1. The number of aliphatic imine (C=N–C) groups is 1. The van der Waals surface area contributed by atoms with Crippen LogP contribution in [0.15, 0.2) is 68.4 Å². The number of amides is 1. The van der Waals surface area contributed by atoms with Crippen molar-refractivity contribution in [2.24, 2.45) is 4.99 Å². The molecule has 190 valence electrons. The first-order valence-electron chi connectivity index (χ1n) is 11.5. The van der Waals surface area contributed by atoms with Gasteiger partial charge >= 0.3 is 5.97 Å². The van der Waals surface area contributed by atoms with Crippen LogP contribution in [0.3, 0.4) is 0 Å². The molecule has 4 rings (SSSR count). The van der Waals surface area contributed by atoms with Crippen LogP contribution >= 0.6 is 11.8 Å². The molecule has 0 bridgehead atoms. The van der Waals surface area contributed by atoms with Gasteiger partial charge < -0.3 is 28.8 Å². The zero-order valence-electron chi connectivity index (χ0n) is 20.9. The SMILES string of the molecule is COc1ccc([C@H]2C(C(=O)OC(C)C)=C(C)N=C3SC=C(CC(=O)NCc4ccco4)N32)cc1OC. The number of hydrogen-bond donors (Lipinski definition) is 1. The predicted molar refractivity (Wildman–Crippen MR) is 136 cm³/mol. The molecule has 1 amide bonds. The van der Waals surface area contributed by atoms with E-state index in [1.165, 1.54) is 11.8 Å². The number of esters is 1. The van der Waals surface area contributed by atoms with Crippen LogP contribution in [0.5, 0.6) is 11.5 Å². The zero-order valence-corrected chi connectivity index (χ0v) is 21.7. The normalized spacial score (nSPS) is 16.9. The maximum absolute atomic E-state index is 13.3. The summed E-state index contributed by atoms with van der Waals surface area (Å²) in [5.74, 6) is 1.13. The molecule has 1 aromatic carbocycles. The van der Waals surface area contributed by atoms with E-state index >= 15 is 0 Å². The number of fused-ring (bicyclic) bond motifs is 1. The van der Waals surface area contributed by atoms with E-state index in [1.54, 1.807) is 59.5 Å². The highest BCUT2D eigenvalue weighted by atomic mass is 32.2. The van der Waals surface area contributed by atoms with Gasteiger partial charge in [0, 0.05) is 5.70 Å². The van der Waals surface area contributed by atoms with Crippen LogP contribution in [0.2, 0.25) is 0 Å². The lowest BCUT2D eigenvalue weighted by Crippen LogP contribution is -2.38. The van der Waals surface area contributed by atoms with Gasteiger partial charge in [0.2, 0.25) is 5.91 Å². The quantitative estimate of drug-likeness (QED) is 0.490. The summed E-state index contributed by atoms with van der Waals surface area (Å²) in [6.07, 6.45) is 1.36. The number of nitrogens with zero attached hydrogens (tertiary/aromatic N) is 2. The third-order valence-corrected chi connectivity index (χ3v) is 6.56. The first-order chi connectivity index (χ1) is 17.3. The highest BCUT2D eigenvalue weighted by Crippen LogP contribution is 2.46. The molecule has 0 aliphatic carbocycles. The number of furan rings is 1. The van der Waals surface area contributed by atoms with E-state index < -0.39 is 12.0 Å². The molecule has 2 aromatic rings. The largest absolute Gasteiger partial charge is 0.493 e. The average molecular weight is 512 g/mol. The van der Waals surface area contributed by atoms with Gasteiger partial charge in [-0.2, -0.15) is 0 Å². The summed E-state index contributed by atoms with van der Waals surface area (Å²) in [4.78, 5) is 32.7. The number of hydrogen-bond acceptors (Lipinski definition) is 9. The fraction of sp³-hybridized carbons (Fsp3) is 0.346. The van der Waals surface area contributed by atoms with Gasteiger partial charge in [0.1, 0.15) is 5.76 Å². The van der Waals surface area contributed by atoms with Crippen molar-refractivity contribution >= 4 is 28.8 Å². The number of carbonyl (C=O) groups is 2. The second-order valence-electron chi connectivity index (χ2n) is 8.49. The Hall–Kier alpha value is -3.66. The molecule has 10 heteroatoms. The van der Waals surface area contributed by atoms with Crippen molar-refractivity contribution in [2.75, 3.05) is 14.2 Å². The number of carbonyl (C=O) groups excluding carboxylic acids is 2. The van der Waals surface area contributed by atoms with Crippen LogP contribution in [0.1, 0.15) is 44.6 Å². The fourth-order valence-electron chi connectivity index (χ4n) is 4.07. The van der Waals surface area contributed by atoms with Gasteiger partial charge in [-0.25, -0.2) is 9.79 Å². The fourth-order valence-corrected chi connectivity index (χ4v) is 5.04. The van der Waals surface area contributed by atoms with Gasteiger partial charge in [-0.15, -0.1) is 0 Å². The van der Waals surface area contributed by atoms with Gasteiger partial charge in [-0.3, -0.25) is 4.79 Å². The van der Waals surface area contributed by atoms with E-state index in [-0.39, 0.29) is 25.0 Å². The van der Waals surface area contributed by atoms with Crippen LogP contribution in [0.25, 0.3) is 0 Å². The highest BCUT2D eigenvalue weighted by Gasteiger charge is 2.41. The van der Waals surface area contributed by atoms with Crippen LogP contribution < -0.4 is 14.8 Å². The summed E-state index contributed by atoms with van der Waals surface area (Å²) in [5, 5.41) is 5.45. The Balaban J connectivity index is 1.69. The lowest BCUT2D eigenvalue weighted by atomic mass is 9.93. The van der Waals surface area contributed by atoms with Gasteiger partial charge in [0.15, 0.2) is 16.7 Å². The molecule has 2 aliphatic heterocycles. The van der Waals surface area contributed by atoms with E-state index in [1.807, 2.05) is 22.4 Å². The van der Waals surface area contributed by atoms with Gasteiger partial charge in [-0.05, 0) is 56.0 Å². The number of amidine groups is 1. The van der Waals surface area contributed by atoms with Crippen molar-refractivity contribution in [1.82, 2.24) is 10.2 Å². The number of thioether (sulfide) groups is 1. The van der Waals surface area contributed by atoms with E-state index in [0.717, 1.165) is 11.3 Å². The Morgan fingerprint density at radius 2 is 1.97 bits per heavy atom. The van der Waals surface area contributed by atoms with Crippen LogP contribution in [0.4, 0.5) is 0 Å². The standard InChI is InChI=1S/C26H29N3O6S/c1-15(2)35-25(31)23-16(3)28-26-29(24(23)17-8-9-20(32-4)21(11-17)33-5)18(14-36-26)12-22(30)27-13-19-7-6-10-34-19/h6-11,14-15,24H,12-13H2,1-5H3,(H,27,30)/t24-/m0/s1. The summed E-state index contributed by atoms with van der Waals surface area (Å²) in [7, 11) is 3.13. The second-order valence-corrected chi connectivity index (χ2v) is 9.33. The van der Waals surface area contributed by atoms with E-state index in [4.69, 9.17) is 18.6 Å². The second kappa shape index (κ2) is 10.9. The molecule has 1 N–H and O–H groups in total. The van der Waals surface area contributed by atoms with Gasteiger partial charge in [0.05, 0.1) is 56.9 Å². The van der Waals surface area contributed by atoms with E-state index in [2.05, 4.69) is 10.3 Å². The Morgan fingerprint density at radius 3 is 2.64 bits per heavy atom. The lowest BCUT2D eigenvalue weighted by molar-refractivity contribution is -0.143. The number of benzene rings is 1. The minimum absolute atomic E-state index is 0.0993. The third-order valence-electron chi connectivity index (χ3n) is 5.67. The first-order valence-corrected chi connectivity index (χ1v) is 12.4. The Labute approximate surface area is 214 Å². The Morgan fingerprint density at radius 1 is 1.19 bits per heavy atom. The average Bonchev–Trinajstić information content (AvgIpc) is 3.51. The van der Waals surface area contributed by atoms with Crippen molar-refractivity contribution in [3.8, 4) is 11.5 Å². The zero-order chi connectivity index (χ0) is 25.8. The topological polar surface area (TPSA) is 103 Å². The van der Waals surface area contributed by atoms with E-state index in [9.17, 15) is 9.59 Å². The maximum atomic E-state index is 13.3. The summed E-state index contributed by atoms with van der Waals surface area (Å²) in [6, 6.07) is 8.51. The molecule has 0 unspecified atom stereocenters. The Bertz CT molecular complexity index is 1230. The molecule has 0 fully saturated rings. The smallest absolute Gasteiger partial charge is 0.338 e. The summed E-state index contributed by atoms with van der Waals surface area (Å²) < 4.78 is 21.8. The van der Waals surface area contributed by atoms with Gasteiger partial charge in [-0.1, -0.05) is 17.8 Å². The molecule has 3 heterocycles. The highest BCUT2D eigenvalue weighted by molar-refractivity contribution is 8.16. The summed E-state index contributed by atoms with van der Waals surface area (Å²) in [5.41, 5.74) is 2.47. The molecular formula is C26H29N3O6S. The molecule has 0 saturated carbocycles. The molecule has 0 saturated heterocycles. The van der Waals surface area contributed by atoms with E-state index in [0.29, 0.717) is 33.7 Å². The predicted octanol–water partition coefficient (Wildman–Crippen LogP) is 4.53. The van der Waals surface area contributed by atoms with Gasteiger partial charge in [0.25, 0.3) is 0 Å². The molecule has 0 spiro atoms. The minimum Gasteiger partial charge on any atom is -0.493 e. The molecule has 0 radical (unpaired) electrons. The monoisotopic (exact) mass is 511 g/mol. The summed E-state index contributed by atoms with van der Waals surface area (Å²) in [6.45, 7) is 5.69. The first kappa shape index (κ1) is 25.4. The lowest BCUT2D eigenvalue weighted by Gasteiger charge is -2.36. The molecule has 2 aliphatic rings. The molecule has 1 aromatic heterocycles. The Kier molecular flexibility index (Phi) is 7.73. The van der Waals surface area contributed by atoms with Crippen molar-refractivity contribution in [2.45, 2.75) is 45.9 Å². The van der Waals surface area contributed by atoms with Crippen LogP contribution in [-0.2, 0) is 20.9 Å². The maximum Gasteiger partial charge on any atom is 0.338 e. The number of nitrogens with one attached hydrogen (secondary N) is 1. The number of rotatable bonds is 9. The van der Waals surface area contributed by atoms with Crippen LogP contribution in [0, 0.1) is 0 Å². The van der Waals surface area contributed by atoms with Crippen molar-refractivity contribution in [1.29, 1.82) is 0 Å². The number of ether oxygens (including phenoxy) is 3. The third kappa shape index (κ3) is 5.28. The summed E-state index contributed by atoms with van der Waals surface area (Å²) >= 11 is 1.41. The number of methoxy groups -OCH3 is 2. The molecular weight excluding hydrogens is 482 g/mol. The van der Waals surface area contributed by atoms with Crippen molar-refractivity contribution in [3.63, 3.8) is 0 Å². The molecule has 1 atom stereocenters.